The van der Waals surface area contributed by atoms with E-state index in [0.717, 1.165) is 13.6 Å². The smallest absolute Gasteiger partial charge is 0.266 e. The maximum Gasteiger partial charge on any atom is 0.266 e. The molecule has 0 radical (unpaired) electrons. The normalized spacial score (nSPS) is 10.9. The Morgan fingerprint density at radius 1 is 1.22 bits per heavy atom. The summed E-state index contributed by atoms with van der Waals surface area (Å²) < 4.78 is 13.3. The van der Waals surface area contributed by atoms with Crippen molar-refractivity contribution in [3.63, 3.8) is 0 Å². The first kappa shape index (κ1) is 24.1. The first-order valence-electron chi connectivity index (χ1n) is 9.33. The number of nitrogens with one attached hydrogen (secondary N) is 1. The van der Waals surface area contributed by atoms with E-state index in [1.807, 2.05) is 36.4 Å². The Morgan fingerprint density at radius 2 is 1.94 bits per heavy atom. The minimum absolute atomic E-state index is 0.0636. The molecular formula is C24H17BrClIN2O3. The summed E-state index contributed by atoms with van der Waals surface area (Å²) in [6.07, 6.45) is 1.50. The summed E-state index contributed by atoms with van der Waals surface area (Å²) in [7, 11) is 1.54. The van der Waals surface area contributed by atoms with Crippen molar-refractivity contribution in [3.05, 3.63) is 90.4 Å². The van der Waals surface area contributed by atoms with Gasteiger partial charge in [0.1, 0.15) is 18.2 Å². The Balaban J connectivity index is 1.82. The van der Waals surface area contributed by atoms with Crippen LogP contribution >= 0.6 is 50.1 Å². The first-order valence-corrected chi connectivity index (χ1v) is 11.6. The molecule has 0 atom stereocenters. The van der Waals surface area contributed by atoms with Crippen molar-refractivity contribution >= 4 is 67.8 Å². The number of carbonyl (C=O) groups excluding carboxylic acids is 1. The molecule has 0 saturated carbocycles. The van der Waals surface area contributed by atoms with Crippen LogP contribution in [0.1, 0.15) is 11.1 Å². The average molecular weight is 624 g/mol. The molecule has 0 unspecified atom stereocenters. The number of carbonyl (C=O) groups is 1. The number of hydrogen-bond acceptors (Lipinski definition) is 4. The van der Waals surface area contributed by atoms with Crippen LogP contribution in [0, 0.1) is 14.9 Å². The molecule has 0 aliphatic rings. The third kappa shape index (κ3) is 6.25. The number of halogens is 3. The van der Waals surface area contributed by atoms with Gasteiger partial charge in [-0.3, -0.25) is 4.79 Å². The lowest BCUT2D eigenvalue weighted by molar-refractivity contribution is -0.112. The summed E-state index contributed by atoms with van der Waals surface area (Å²) >= 11 is 11.6. The molecular weight excluding hydrogens is 607 g/mol. The Hall–Kier alpha value is -2.54. The largest absolute Gasteiger partial charge is 0.493 e. The molecule has 0 heterocycles. The van der Waals surface area contributed by atoms with Crippen molar-refractivity contribution in [2.24, 2.45) is 0 Å². The van der Waals surface area contributed by atoms with Crippen LogP contribution in [0.15, 0.2) is 70.7 Å². The fraction of sp³-hybridized carbons (Fsp3) is 0.0833. The van der Waals surface area contributed by atoms with E-state index in [-0.39, 0.29) is 5.57 Å². The molecule has 0 aromatic heterocycles. The molecule has 0 saturated heterocycles. The van der Waals surface area contributed by atoms with E-state index < -0.39 is 5.91 Å². The summed E-state index contributed by atoms with van der Waals surface area (Å²) in [5.41, 5.74) is 2.02. The molecule has 3 aromatic carbocycles. The first-order chi connectivity index (χ1) is 15.4. The highest BCUT2D eigenvalue weighted by Gasteiger charge is 2.15. The van der Waals surface area contributed by atoms with Crippen molar-refractivity contribution < 1.29 is 14.3 Å². The number of ether oxygens (including phenoxy) is 2. The Bertz CT molecular complexity index is 1210. The number of para-hydroxylation sites is 1. The van der Waals surface area contributed by atoms with E-state index in [2.05, 4.69) is 43.8 Å². The van der Waals surface area contributed by atoms with Crippen LogP contribution in [-0.4, -0.2) is 13.0 Å². The van der Waals surface area contributed by atoms with Gasteiger partial charge in [-0.15, -0.1) is 0 Å². The Labute approximate surface area is 213 Å². The van der Waals surface area contributed by atoms with Gasteiger partial charge in [-0.2, -0.15) is 5.26 Å². The molecule has 162 valence electrons. The average Bonchev–Trinajstić information content (AvgIpc) is 2.79. The number of hydrogen-bond donors (Lipinski definition) is 1. The fourth-order valence-corrected chi connectivity index (χ4v) is 4.00. The van der Waals surface area contributed by atoms with Gasteiger partial charge in [0.25, 0.3) is 5.91 Å². The van der Waals surface area contributed by atoms with Crippen molar-refractivity contribution in [1.82, 2.24) is 0 Å². The molecule has 3 aromatic rings. The third-order valence-electron chi connectivity index (χ3n) is 4.35. The Morgan fingerprint density at radius 3 is 2.59 bits per heavy atom. The number of methoxy groups -OCH3 is 1. The summed E-state index contributed by atoms with van der Waals surface area (Å²) in [4.78, 5) is 12.6. The number of benzene rings is 3. The molecule has 8 heteroatoms. The molecule has 0 spiro atoms. The molecule has 0 aliphatic heterocycles. The van der Waals surface area contributed by atoms with Crippen LogP contribution in [0.25, 0.3) is 6.08 Å². The number of amides is 1. The van der Waals surface area contributed by atoms with Gasteiger partial charge in [-0.1, -0.05) is 51.8 Å². The lowest BCUT2D eigenvalue weighted by atomic mass is 10.1. The van der Waals surface area contributed by atoms with E-state index in [0.29, 0.717) is 34.4 Å². The molecule has 1 N–H and O–H groups in total. The Kier molecular flexibility index (Phi) is 8.56. The highest BCUT2D eigenvalue weighted by atomic mass is 127. The van der Waals surface area contributed by atoms with Crippen molar-refractivity contribution in [3.8, 4) is 17.6 Å². The molecule has 32 heavy (non-hydrogen) atoms. The predicted molar refractivity (Wildman–Crippen MR) is 138 cm³/mol. The van der Waals surface area contributed by atoms with E-state index in [9.17, 15) is 10.1 Å². The standard InChI is InChI=1S/C24H17BrClIN2O3/c1-31-22-12-16(10-17(13-28)24(30)29-21-5-3-2-4-19(21)26)11-20(27)23(22)32-14-15-6-8-18(25)9-7-15/h2-12H,14H2,1H3,(H,29,30)/b17-10+. The fourth-order valence-electron chi connectivity index (χ4n) is 2.77. The highest BCUT2D eigenvalue weighted by Crippen LogP contribution is 2.35. The second-order valence-corrected chi connectivity index (χ2v) is 9.04. The van der Waals surface area contributed by atoms with E-state index >= 15 is 0 Å². The molecule has 0 aliphatic carbocycles. The number of nitrogens with zero attached hydrogens (tertiary/aromatic N) is 1. The van der Waals surface area contributed by atoms with Gasteiger partial charge in [-0.05, 0) is 76.2 Å². The van der Waals surface area contributed by atoms with Crippen LogP contribution in [0.4, 0.5) is 5.69 Å². The van der Waals surface area contributed by atoms with E-state index in [4.69, 9.17) is 21.1 Å². The van der Waals surface area contributed by atoms with Gasteiger partial charge in [0.15, 0.2) is 11.5 Å². The maximum absolute atomic E-state index is 12.6. The maximum atomic E-state index is 12.6. The quantitative estimate of drug-likeness (QED) is 0.178. The SMILES string of the molecule is COc1cc(/C=C(\C#N)C(=O)Nc2ccccc2Cl)cc(I)c1OCc1ccc(Br)cc1. The number of rotatable bonds is 7. The second-order valence-electron chi connectivity index (χ2n) is 6.55. The summed E-state index contributed by atoms with van der Waals surface area (Å²) in [6, 6.07) is 20.2. The third-order valence-corrected chi connectivity index (χ3v) is 6.01. The van der Waals surface area contributed by atoms with Crippen LogP contribution in [0.5, 0.6) is 11.5 Å². The summed E-state index contributed by atoms with van der Waals surface area (Å²) in [5.74, 6) is 0.543. The van der Waals surface area contributed by atoms with Crippen molar-refractivity contribution in [2.75, 3.05) is 12.4 Å². The van der Waals surface area contributed by atoms with Crippen LogP contribution in [0.2, 0.25) is 5.02 Å². The molecule has 1 amide bonds. The zero-order valence-electron chi connectivity index (χ0n) is 16.9. The minimum atomic E-state index is -0.551. The minimum Gasteiger partial charge on any atom is -0.493 e. The molecule has 0 bridgehead atoms. The number of anilines is 1. The van der Waals surface area contributed by atoms with Crippen molar-refractivity contribution in [2.45, 2.75) is 6.61 Å². The second kappa shape index (κ2) is 11.4. The zero-order valence-corrected chi connectivity index (χ0v) is 21.4. The van der Waals surface area contributed by atoms with Gasteiger partial charge >= 0.3 is 0 Å². The van der Waals surface area contributed by atoms with Gasteiger partial charge in [-0.25, -0.2) is 0 Å². The number of nitriles is 1. The van der Waals surface area contributed by atoms with Gasteiger partial charge in [0, 0.05) is 4.47 Å². The van der Waals surface area contributed by atoms with Gasteiger partial charge in [0.2, 0.25) is 0 Å². The summed E-state index contributed by atoms with van der Waals surface area (Å²) in [5, 5.41) is 12.6. The highest BCUT2D eigenvalue weighted by molar-refractivity contribution is 14.1. The van der Waals surface area contributed by atoms with Crippen molar-refractivity contribution in [1.29, 1.82) is 5.26 Å². The predicted octanol–water partition coefficient (Wildman–Crippen LogP) is 6.84. The van der Waals surface area contributed by atoms with Gasteiger partial charge < -0.3 is 14.8 Å². The molecule has 0 fully saturated rings. The van der Waals surface area contributed by atoms with Crippen LogP contribution in [0.3, 0.4) is 0 Å². The molecule has 3 rings (SSSR count). The van der Waals surface area contributed by atoms with Gasteiger partial charge in [0.05, 0.1) is 21.4 Å². The molecule has 5 nitrogen and oxygen atoms in total. The monoisotopic (exact) mass is 622 g/mol. The lowest BCUT2D eigenvalue weighted by Gasteiger charge is -2.14. The van der Waals surface area contributed by atoms with E-state index in [1.165, 1.54) is 6.08 Å². The van der Waals surface area contributed by atoms with Crippen LogP contribution in [-0.2, 0) is 11.4 Å². The summed E-state index contributed by atoms with van der Waals surface area (Å²) in [6.45, 7) is 0.374. The topological polar surface area (TPSA) is 71.3 Å². The lowest BCUT2D eigenvalue weighted by Crippen LogP contribution is -2.13. The van der Waals surface area contributed by atoms with E-state index in [1.54, 1.807) is 37.4 Å². The van der Waals surface area contributed by atoms with Crippen LogP contribution < -0.4 is 14.8 Å². The zero-order chi connectivity index (χ0) is 23.1.